The smallest absolute Gasteiger partial charge is 0.327 e. The first-order valence-corrected chi connectivity index (χ1v) is 9.85. The lowest BCUT2D eigenvalue weighted by Crippen LogP contribution is -2.44. The lowest BCUT2D eigenvalue weighted by molar-refractivity contribution is -0.155. The number of hydrogen-bond donors (Lipinski definition) is 2. The summed E-state index contributed by atoms with van der Waals surface area (Å²) in [5.41, 5.74) is 0.277. The van der Waals surface area contributed by atoms with Gasteiger partial charge in [-0.3, -0.25) is 19.3 Å². The van der Waals surface area contributed by atoms with Crippen molar-refractivity contribution in [1.29, 1.82) is 0 Å². The molecule has 1 heterocycles. The summed E-state index contributed by atoms with van der Waals surface area (Å²) in [5.74, 6) is -1.87. The zero-order valence-electron chi connectivity index (χ0n) is 17.0. The van der Waals surface area contributed by atoms with E-state index in [4.69, 9.17) is 16.3 Å². The molecule has 1 aromatic carbocycles. The van der Waals surface area contributed by atoms with Crippen LogP contribution in [0.3, 0.4) is 0 Å². The minimum absolute atomic E-state index is 0.459. The molecule has 158 valence electrons. The molecule has 4 amide bonds. The number of halogens is 1. The van der Waals surface area contributed by atoms with Crippen molar-refractivity contribution in [3.05, 3.63) is 28.8 Å². The maximum Gasteiger partial charge on any atom is 0.327 e. The number of carbonyl (C=O) groups is 4. The summed E-state index contributed by atoms with van der Waals surface area (Å²) in [6.07, 6.45) is 1.01. The van der Waals surface area contributed by atoms with E-state index in [0.29, 0.717) is 17.1 Å². The van der Waals surface area contributed by atoms with E-state index in [0.717, 1.165) is 23.3 Å². The standard InChI is InChI=1S/C20H26ClN3O5/c1-5-6-9-20(4)18(27)24(19(28)23-20)11-16(25)29-13(3)17(26)22-15-10-14(21)8-7-12(15)2/h7-8,10,13H,5-6,9,11H2,1-4H3,(H,22,26)(H,23,28)/t13-,20+/m1/s1. The zero-order valence-corrected chi connectivity index (χ0v) is 17.8. The molecule has 0 aliphatic carbocycles. The monoisotopic (exact) mass is 423 g/mol. The number of urea groups is 1. The molecule has 0 unspecified atom stereocenters. The molecule has 1 fully saturated rings. The van der Waals surface area contributed by atoms with Crippen molar-refractivity contribution in [2.75, 3.05) is 11.9 Å². The number of nitrogens with zero attached hydrogens (tertiary/aromatic N) is 1. The lowest BCUT2D eigenvalue weighted by atomic mass is 9.95. The molecule has 0 spiro atoms. The number of ether oxygens (including phenoxy) is 1. The Hall–Kier alpha value is -2.61. The van der Waals surface area contributed by atoms with Crippen molar-refractivity contribution in [3.8, 4) is 0 Å². The first-order valence-electron chi connectivity index (χ1n) is 9.48. The molecule has 0 saturated carbocycles. The van der Waals surface area contributed by atoms with Gasteiger partial charge in [-0.05, 0) is 44.9 Å². The Balaban J connectivity index is 1.94. The number of hydrogen-bond acceptors (Lipinski definition) is 5. The second kappa shape index (κ2) is 9.26. The predicted octanol–water partition coefficient (Wildman–Crippen LogP) is 3.02. The number of rotatable bonds is 8. The Kier molecular flexibility index (Phi) is 7.24. The Morgan fingerprint density at radius 1 is 1.34 bits per heavy atom. The van der Waals surface area contributed by atoms with E-state index in [1.807, 2.05) is 6.92 Å². The number of anilines is 1. The van der Waals surface area contributed by atoms with Gasteiger partial charge in [0.1, 0.15) is 12.1 Å². The summed E-state index contributed by atoms with van der Waals surface area (Å²) < 4.78 is 5.10. The molecule has 8 nitrogen and oxygen atoms in total. The topological polar surface area (TPSA) is 105 Å². The fourth-order valence-electron chi connectivity index (χ4n) is 2.97. The van der Waals surface area contributed by atoms with Crippen LogP contribution in [-0.4, -0.2) is 46.9 Å². The average Bonchev–Trinajstić information content (AvgIpc) is 2.86. The second-order valence-corrected chi connectivity index (χ2v) is 7.77. The molecule has 0 aromatic heterocycles. The van der Waals surface area contributed by atoms with Gasteiger partial charge in [0, 0.05) is 10.7 Å². The van der Waals surface area contributed by atoms with E-state index in [-0.39, 0.29) is 0 Å². The largest absolute Gasteiger partial charge is 0.451 e. The van der Waals surface area contributed by atoms with Gasteiger partial charge in [0.15, 0.2) is 6.10 Å². The van der Waals surface area contributed by atoms with Crippen molar-refractivity contribution < 1.29 is 23.9 Å². The van der Waals surface area contributed by atoms with Crippen LogP contribution in [0.2, 0.25) is 5.02 Å². The molecule has 2 atom stereocenters. The molecular formula is C20H26ClN3O5. The summed E-state index contributed by atoms with van der Waals surface area (Å²) in [7, 11) is 0. The highest BCUT2D eigenvalue weighted by atomic mass is 35.5. The summed E-state index contributed by atoms with van der Waals surface area (Å²) in [4.78, 5) is 50.0. The van der Waals surface area contributed by atoms with Crippen molar-refractivity contribution in [1.82, 2.24) is 10.2 Å². The minimum atomic E-state index is -1.12. The van der Waals surface area contributed by atoms with Crippen LogP contribution in [0.1, 0.15) is 45.6 Å². The lowest BCUT2D eigenvalue weighted by Gasteiger charge is -2.21. The number of carbonyl (C=O) groups excluding carboxylic acids is 4. The molecule has 2 rings (SSSR count). The molecular weight excluding hydrogens is 398 g/mol. The van der Waals surface area contributed by atoms with Crippen LogP contribution in [0.25, 0.3) is 0 Å². The number of amides is 4. The fraction of sp³-hybridized carbons (Fsp3) is 0.500. The molecule has 0 bridgehead atoms. The van der Waals surface area contributed by atoms with Crippen LogP contribution >= 0.6 is 11.6 Å². The first-order chi connectivity index (χ1) is 13.6. The predicted molar refractivity (Wildman–Crippen MR) is 109 cm³/mol. The van der Waals surface area contributed by atoms with Crippen molar-refractivity contribution >= 4 is 41.1 Å². The molecule has 1 aromatic rings. The van der Waals surface area contributed by atoms with Gasteiger partial charge < -0.3 is 15.4 Å². The van der Waals surface area contributed by atoms with Crippen LogP contribution < -0.4 is 10.6 Å². The Labute approximate surface area is 174 Å². The van der Waals surface area contributed by atoms with Gasteiger partial charge in [0.2, 0.25) is 0 Å². The number of esters is 1. The third-order valence-electron chi connectivity index (χ3n) is 4.80. The Morgan fingerprint density at radius 3 is 2.69 bits per heavy atom. The summed E-state index contributed by atoms with van der Waals surface area (Å²) in [6, 6.07) is 4.40. The minimum Gasteiger partial charge on any atom is -0.451 e. The van der Waals surface area contributed by atoms with Crippen LogP contribution in [0.5, 0.6) is 0 Å². The summed E-state index contributed by atoms with van der Waals surface area (Å²) >= 11 is 5.93. The summed E-state index contributed by atoms with van der Waals surface area (Å²) in [5, 5.41) is 5.73. The van der Waals surface area contributed by atoms with Gasteiger partial charge >= 0.3 is 12.0 Å². The third-order valence-corrected chi connectivity index (χ3v) is 5.03. The Bertz CT molecular complexity index is 828. The highest BCUT2D eigenvalue weighted by molar-refractivity contribution is 6.31. The quantitative estimate of drug-likeness (QED) is 0.494. The van der Waals surface area contributed by atoms with Gasteiger partial charge in [-0.25, -0.2) is 4.79 Å². The normalized spacial score (nSPS) is 19.7. The number of aryl methyl sites for hydroxylation is 1. The highest BCUT2D eigenvalue weighted by Gasteiger charge is 2.48. The Morgan fingerprint density at radius 2 is 2.03 bits per heavy atom. The molecule has 2 N–H and O–H groups in total. The maximum absolute atomic E-state index is 12.6. The van der Waals surface area contributed by atoms with Crippen LogP contribution in [0, 0.1) is 6.92 Å². The third kappa shape index (κ3) is 5.47. The molecule has 0 radical (unpaired) electrons. The molecule has 29 heavy (non-hydrogen) atoms. The van der Waals surface area contributed by atoms with E-state index in [1.165, 1.54) is 6.92 Å². The van der Waals surface area contributed by atoms with Gasteiger partial charge in [-0.1, -0.05) is 37.4 Å². The first kappa shape index (κ1) is 22.7. The van der Waals surface area contributed by atoms with E-state index in [9.17, 15) is 19.2 Å². The molecule has 1 aliphatic heterocycles. The molecule has 9 heteroatoms. The van der Waals surface area contributed by atoms with E-state index in [1.54, 1.807) is 32.0 Å². The highest BCUT2D eigenvalue weighted by Crippen LogP contribution is 2.24. The van der Waals surface area contributed by atoms with Crippen molar-refractivity contribution in [2.24, 2.45) is 0 Å². The SMILES string of the molecule is CCCC[C@]1(C)NC(=O)N(CC(=O)O[C@H](C)C(=O)Nc2cc(Cl)ccc2C)C1=O. The molecule has 1 aliphatic rings. The van der Waals surface area contributed by atoms with Gasteiger partial charge in [-0.15, -0.1) is 0 Å². The average molecular weight is 424 g/mol. The number of benzene rings is 1. The van der Waals surface area contributed by atoms with Crippen LogP contribution in [0.4, 0.5) is 10.5 Å². The van der Waals surface area contributed by atoms with Gasteiger partial charge in [0.25, 0.3) is 11.8 Å². The number of imide groups is 1. The van der Waals surface area contributed by atoms with Crippen molar-refractivity contribution in [3.63, 3.8) is 0 Å². The number of unbranched alkanes of at least 4 members (excludes halogenated alkanes) is 1. The second-order valence-electron chi connectivity index (χ2n) is 7.34. The van der Waals surface area contributed by atoms with E-state index >= 15 is 0 Å². The van der Waals surface area contributed by atoms with Crippen LogP contribution in [0.15, 0.2) is 18.2 Å². The zero-order chi connectivity index (χ0) is 21.8. The van der Waals surface area contributed by atoms with Crippen LogP contribution in [-0.2, 0) is 19.1 Å². The van der Waals surface area contributed by atoms with E-state index < -0.39 is 42.0 Å². The van der Waals surface area contributed by atoms with E-state index in [2.05, 4.69) is 10.6 Å². The molecule has 1 saturated heterocycles. The van der Waals surface area contributed by atoms with Gasteiger partial charge in [0.05, 0.1) is 0 Å². The summed E-state index contributed by atoms with van der Waals surface area (Å²) in [6.45, 7) is 6.27. The van der Waals surface area contributed by atoms with Crippen molar-refractivity contribution in [2.45, 2.75) is 58.6 Å². The van der Waals surface area contributed by atoms with Gasteiger partial charge in [-0.2, -0.15) is 0 Å². The number of nitrogens with one attached hydrogen (secondary N) is 2. The maximum atomic E-state index is 12.6. The fourth-order valence-corrected chi connectivity index (χ4v) is 3.14.